The number of hydrogen-bond donors (Lipinski definition) is 1. The molecule has 28 heavy (non-hydrogen) atoms. The van der Waals surface area contributed by atoms with Crippen molar-refractivity contribution in [2.45, 2.75) is 45.6 Å². The number of carbonyl (C=O) groups is 3. The van der Waals surface area contributed by atoms with Crippen LogP contribution in [0.5, 0.6) is 0 Å². The molecule has 2 heterocycles. The van der Waals surface area contributed by atoms with Crippen molar-refractivity contribution in [3.05, 3.63) is 46.6 Å². The van der Waals surface area contributed by atoms with Gasteiger partial charge in [-0.25, -0.2) is 0 Å². The van der Waals surface area contributed by atoms with Gasteiger partial charge >= 0.3 is 0 Å². The van der Waals surface area contributed by atoms with Crippen LogP contribution in [0.4, 0.5) is 0 Å². The van der Waals surface area contributed by atoms with Gasteiger partial charge in [-0.3, -0.25) is 19.3 Å². The van der Waals surface area contributed by atoms with Crippen LogP contribution in [0, 0.1) is 12.8 Å². The maximum absolute atomic E-state index is 12.6. The summed E-state index contributed by atoms with van der Waals surface area (Å²) in [7, 11) is 0. The summed E-state index contributed by atoms with van der Waals surface area (Å²) in [5.41, 5.74) is 1.55. The fraction of sp³-hybridized carbons (Fsp3) is 0.450. The van der Waals surface area contributed by atoms with Crippen molar-refractivity contribution < 1.29 is 18.9 Å². The number of rotatable bonds is 6. The predicted octanol–water partition coefficient (Wildman–Crippen LogP) is 2.36. The molecule has 1 N–H and O–H groups in total. The molecule has 0 spiro atoms. The Labute approximate surface area is 162 Å². The molecule has 1 aliphatic heterocycles. The molecule has 1 atom stereocenters. The van der Waals surface area contributed by atoms with Gasteiger partial charge < -0.3 is 9.84 Å². The van der Waals surface area contributed by atoms with E-state index in [1.165, 1.54) is 0 Å². The highest BCUT2D eigenvalue weighted by Gasteiger charge is 2.37. The van der Waals surface area contributed by atoms with Crippen molar-refractivity contribution in [1.29, 1.82) is 0 Å². The Morgan fingerprint density at radius 1 is 1.25 bits per heavy atom. The minimum atomic E-state index is -0.482. The highest BCUT2D eigenvalue weighted by Crippen LogP contribution is 2.38. The molecule has 3 amide bonds. The maximum atomic E-state index is 12.6. The van der Waals surface area contributed by atoms with Crippen LogP contribution >= 0.6 is 0 Å². The van der Waals surface area contributed by atoms with Crippen molar-refractivity contribution >= 4 is 17.7 Å². The van der Waals surface area contributed by atoms with E-state index in [-0.39, 0.29) is 12.5 Å². The molecule has 4 rings (SSSR count). The molecule has 8 heteroatoms. The third kappa shape index (κ3) is 3.30. The van der Waals surface area contributed by atoms with Crippen LogP contribution in [0.1, 0.15) is 76.6 Å². The minimum absolute atomic E-state index is 0.00119. The van der Waals surface area contributed by atoms with E-state index in [4.69, 9.17) is 4.52 Å². The summed E-state index contributed by atoms with van der Waals surface area (Å²) in [6.45, 7) is 5.35. The fourth-order valence-corrected chi connectivity index (χ4v) is 3.31. The normalized spacial score (nSPS) is 17.2. The van der Waals surface area contributed by atoms with E-state index < -0.39 is 23.8 Å². The molecule has 8 nitrogen and oxygen atoms in total. The first kappa shape index (κ1) is 18.3. The molecule has 1 aromatic carbocycles. The molecule has 0 saturated heterocycles. The van der Waals surface area contributed by atoms with Gasteiger partial charge in [0.2, 0.25) is 11.8 Å². The first-order chi connectivity index (χ1) is 13.3. The maximum Gasteiger partial charge on any atom is 0.262 e. The molecular formula is C20H22N4O4. The Kier molecular flexibility index (Phi) is 4.49. The van der Waals surface area contributed by atoms with Crippen LogP contribution in [-0.4, -0.2) is 39.3 Å². The Balaban J connectivity index is 1.46. The number of aromatic nitrogens is 2. The van der Waals surface area contributed by atoms with E-state index in [9.17, 15) is 14.4 Å². The third-order valence-corrected chi connectivity index (χ3v) is 5.08. The van der Waals surface area contributed by atoms with Crippen LogP contribution in [0.3, 0.4) is 0 Å². The predicted molar refractivity (Wildman–Crippen MR) is 98.5 cm³/mol. The number of amides is 3. The number of imide groups is 1. The number of benzene rings is 1. The molecule has 2 aliphatic rings. The molecule has 0 radical (unpaired) electrons. The highest BCUT2D eigenvalue weighted by atomic mass is 16.5. The van der Waals surface area contributed by atoms with E-state index in [1.807, 2.05) is 20.8 Å². The number of nitrogens with one attached hydrogen (secondary N) is 1. The molecule has 1 aromatic heterocycles. The van der Waals surface area contributed by atoms with Crippen molar-refractivity contribution in [1.82, 2.24) is 20.4 Å². The zero-order chi connectivity index (χ0) is 20.0. The largest absolute Gasteiger partial charge is 0.342 e. The average molecular weight is 382 g/mol. The second-order valence-corrected chi connectivity index (χ2v) is 7.80. The van der Waals surface area contributed by atoms with Crippen LogP contribution < -0.4 is 5.32 Å². The number of carbonyl (C=O) groups excluding carboxylic acids is 3. The Morgan fingerprint density at radius 2 is 1.96 bits per heavy atom. The molecular weight excluding hydrogens is 360 g/mol. The molecule has 0 bridgehead atoms. The Hall–Kier alpha value is -3.03. The summed E-state index contributed by atoms with van der Waals surface area (Å²) in [4.78, 5) is 43.1. The van der Waals surface area contributed by atoms with E-state index in [0.717, 1.165) is 23.3 Å². The molecule has 1 aliphatic carbocycles. The Morgan fingerprint density at radius 3 is 2.64 bits per heavy atom. The van der Waals surface area contributed by atoms with Gasteiger partial charge in [0.05, 0.1) is 11.1 Å². The topological polar surface area (TPSA) is 105 Å². The smallest absolute Gasteiger partial charge is 0.262 e. The third-order valence-electron chi connectivity index (χ3n) is 5.08. The van der Waals surface area contributed by atoms with Gasteiger partial charge in [0.15, 0.2) is 5.82 Å². The molecule has 146 valence electrons. The summed E-state index contributed by atoms with van der Waals surface area (Å²) < 4.78 is 5.34. The summed E-state index contributed by atoms with van der Waals surface area (Å²) in [5.74, 6) is 0.0212. The number of fused-ring (bicyclic) bond motifs is 1. The van der Waals surface area contributed by atoms with Gasteiger partial charge in [-0.2, -0.15) is 4.98 Å². The van der Waals surface area contributed by atoms with Crippen LogP contribution in [0.25, 0.3) is 0 Å². The monoisotopic (exact) mass is 382 g/mol. The van der Waals surface area contributed by atoms with E-state index in [1.54, 1.807) is 18.2 Å². The lowest BCUT2D eigenvalue weighted by Crippen LogP contribution is -2.42. The summed E-state index contributed by atoms with van der Waals surface area (Å²) in [6, 6.07) is 4.58. The first-order valence-corrected chi connectivity index (χ1v) is 9.45. The van der Waals surface area contributed by atoms with Gasteiger partial charge in [0.25, 0.3) is 11.8 Å². The van der Waals surface area contributed by atoms with Crippen LogP contribution in [-0.2, 0) is 4.79 Å². The van der Waals surface area contributed by atoms with E-state index in [0.29, 0.717) is 28.8 Å². The minimum Gasteiger partial charge on any atom is -0.342 e. The molecule has 2 aromatic rings. The zero-order valence-corrected chi connectivity index (χ0v) is 16.1. The standard InChI is InChI=1S/C20H22N4O4/c1-10(2)16(18-22-17(23-28-18)12-5-6-12)21-15(25)9-24-19(26)13-7-4-11(3)8-14(13)20(24)27/h4,7-8,10,12,16H,5-6,9H2,1-3H3,(H,21,25). The Bertz CT molecular complexity index is 961. The van der Waals surface area contributed by atoms with Crippen LogP contribution in [0.15, 0.2) is 22.7 Å². The van der Waals surface area contributed by atoms with Crippen LogP contribution in [0.2, 0.25) is 0 Å². The highest BCUT2D eigenvalue weighted by molar-refractivity contribution is 6.22. The summed E-state index contributed by atoms with van der Waals surface area (Å²) >= 11 is 0. The summed E-state index contributed by atoms with van der Waals surface area (Å²) in [6.07, 6.45) is 2.10. The first-order valence-electron chi connectivity index (χ1n) is 9.45. The van der Waals surface area contributed by atoms with Crippen molar-refractivity contribution in [3.63, 3.8) is 0 Å². The van der Waals surface area contributed by atoms with Gasteiger partial charge in [-0.1, -0.05) is 30.6 Å². The van der Waals surface area contributed by atoms with Gasteiger partial charge in [0, 0.05) is 5.92 Å². The zero-order valence-electron chi connectivity index (χ0n) is 16.1. The van der Waals surface area contributed by atoms with Crippen molar-refractivity contribution in [2.24, 2.45) is 5.92 Å². The lowest BCUT2D eigenvalue weighted by atomic mass is 10.0. The molecule has 1 fully saturated rings. The van der Waals surface area contributed by atoms with Crippen molar-refractivity contribution in [2.75, 3.05) is 6.54 Å². The van der Waals surface area contributed by atoms with Crippen molar-refractivity contribution in [3.8, 4) is 0 Å². The number of nitrogens with zero attached hydrogens (tertiary/aromatic N) is 3. The second-order valence-electron chi connectivity index (χ2n) is 7.80. The second kappa shape index (κ2) is 6.85. The van der Waals surface area contributed by atoms with Gasteiger partial charge in [-0.05, 0) is 37.8 Å². The van der Waals surface area contributed by atoms with Gasteiger partial charge in [-0.15, -0.1) is 0 Å². The quantitative estimate of drug-likeness (QED) is 0.769. The molecule has 1 saturated carbocycles. The lowest BCUT2D eigenvalue weighted by molar-refractivity contribution is -0.122. The lowest BCUT2D eigenvalue weighted by Gasteiger charge is -2.20. The summed E-state index contributed by atoms with van der Waals surface area (Å²) in [5, 5.41) is 6.83. The molecule has 1 unspecified atom stereocenters. The van der Waals surface area contributed by atoms with Gasteiger partial charge in [0.1, 0.15) is 12.6 Å². The number of hydrogen-bond acceptors (Lipinski definition) is 6. The fourth-order valence-electron chi connectivity index (χ4n) is 3.31. The average Bonchev–Trinajstić information content (AvgIpc) is 3.35. The number of aryl methyl sites for hydroxylation is 1. The van der Waals surface area contributed by atoms with E-state index in [2.05, 4.69) is 15.5 Å². The van der Waals surface area contributed by atoms with E-state index >= 15 is 0 Å². The SMILES string of the molecule is Cc1ccc2c(c1)C(=O)N(CC(=O)NC(c1nc(C3CC3)no1)C(C)C)C2=O.